The van der Waals surface area contributed by atoms with Gasteiger partial charge in [0.05, 0.1) is 0 Å². The second-order valence-electron chi connectivity index (χ2n) is 5.55. The van der Waals surface area contributed by atoms with Crippen LogP contribution < -0.4 is 5.32 Å². The minimum absolute atomic E-state index is 0.654. The molecule has 1 aliphatic carbocycles. The Morgan fingerprint density at radius 2 is 2.14 bits per heavy atom. The van der Waals surface area contributed by atoms with Gasteiger partial charge in [0.2, 0.25) is 0 Å². The quantitative estimate of drug-likeness (QED) is 0.741. The summed E-state index contributed by atoms with van der Waals surface area (Å²) in [6, 6.07) is 1.47. The lowest BCUT2D eigenvalue weighted by atomic mass is 9.65. The maximum absolute atomic E-state index is 3.64. The molecule has 82 valence electrons. The summed E-state index contributed by atoms with van der Waals surface area (Å²) in [7, 11) is 0. The van der Waals surface area contributed by atoms with Gasteiger partial charge in [-0.1, -0.05) is 20.8 Å². The van der Waals surface area contributed by atoms with Crippen molar-refractivity contribution in [3.05, 3.63) is 0 Å². The summed E-state index contributed by atoms with van der Waals surface area (Å²) in [5.74, 6) is 0. The van der Waals surface area contributed by atoms with E-state index in [2.05, 4.69) is 31.0 Å². The molecule has 1 N–H and O–H groups in total. The first kappa shape index (κ1) is 10.4. The van der Waals surface area contributed by atoms with E-state index in [1.54, 1.807) is 0 Å². The van der Waals surface area contributed by atoms with E-state index in [1.807, 2.05) is 0 Å². The van der Waals surface area contributed by atoms with E-state index in [9.17, 15) is 0 Å². The van der Waals surface area contributed by atoms with Crippen LogP contribution in [0.3, 0.4) is 0 Å². The summed E-state index contributed by atoms with van der Waals surface area (Å²) in [6.45, 7) is 10.7. The minimum Gasteiger partial charge on any atom is -0.312 e. The zero-order valence-electron chi connectivity index (χ0n) is 9.84. The Balaban J connectivity index is 1.76. The summed E-state index contributed by atoms with van der Waals surface area (Å²) in [5, 5.41) is 3.64. The van der Waals surface area contributed by atoms with Crippen LogP contribution in [0.15, 0.2) is 0 Å². The van der Waals surface area contributed by atoms with Crippen LogP contribution in [0.4, 0.5) is 0 Å². The predicted octanol–water partition coefficient (Wildman–Crippen LogP) is 1.86. The maximum Gasteiger partial charge on any atom is 0.00809 e. The van der Waals surface area contributed by atoms with E-state index in [1.165, 1.54) is 38.9 Å². The highest BCUT2D eigenvalue weighted by molar-refractivity contribution is 5.03. The van der Waals surface area contributed by atoms with Crippen molar-refractivity contribution in [2.75, 3.05) is 19.6 Å². The van der Waals surface area contributed by atoms with Crippen molar-refractivity contribution < 1.29 is 0 Å². The van der Waals surface area contributed by atoms with Crippen molar-refractivity contribution in [1.82, 2.24) is 10.2 Å². The highest BCUT2D eigenvalue weighted by Crippen LogP contribution is 2.48. The smallest absolute Gasteiger partial charge is 0.00809 e. The molecule has 0 aromatic carbocycles. The van der Waals surface area contributed by atoms with Crippen LogP contribution in [-0.4, -0.2) is 36.6 Å². The summed E-state index contributed by atoms with van der Waals surface area (Å²) in [6.07, 6.45) is 4.28. The third-order valence-corrected chi connectivity index (χ3v) is 3.89. The highest BCUT2D eigenvalue weighted by Gasteiger charge is 2.47. The van der Waals surface area contributed by atoms with Crippen LogP contribution in [-0.2, 0) is 0 Å². The van der Waals surface area contributed by atoms with Gasteiger partial charge in [-0.3, -0.25) is 0 Å². The van der Waals surface area contributed by atoms with Crippen molar-refractivity contribution in [3.63, 3.8) is 0 Å². The fourth-order valence-electron chi connectivity index (χ4n) is 3.21. The number of hydrogen-bond donors (Lipinski definition) is 1. The topological polar surface area (TPSA) is 15.3 Å². The van der Waals surface area contributed by atoms with Crippen LogP contribution in [0.2, 0.25) is 0 Å². The fraction of sp³-hybridized carbons (Fsp3) is 1.00. The van der Waals surface area contributed by atoms with Crippen molar-refractivity contribution in [2.24, 2.45) is 5.41 Å². The van der Waals surface area contributed by atoms with E-state index in [0.717, 1.165) is 6.04 Å². The van der Waals surface area contributed by atoms with Gasteiger partial charge in [-0.05, 0) is 37.8 Å². The van der Waals surface area contributed by atoms with Gasteiger partial charge in [0.15, 0.2) is 0 Å². The zero-order valence-corrected chi connectivity index (χ0v) is 9.84. The van der Waals surface area contributed by atoms with Crippen molar-refractivity contribution in [1.29, 1.82) is 0 Å². The molecule has 1 heterocycles. The van der Waals surface area contributed by atoms with Gasteiger partial charge in [0.25, 0.3) is 0 Å². The minimum atomic E-state index is 0.654. The Hall–Kier alpha value is -0.0800. The fourth-order valence-corrected chi connectivity index (χ4v) is 3.21. The molecule has 1 saturated carbocycles. The molecular weight excluding hydrogens is 172 g/mol. The van der Waals surface area contributed by atoms with Crippen molar-refractivity contribution >= 4 is 0 Å². The lowest BCUT2D eigenvalue weighted by Crippen LogP contribution is -2.51. The Morgan fingerprint density at radius 1 is 1.43 bits per heavy atom. The van der Waals surface area contributed by atoms with Crippen LogP contribution >= 0.6 is 0 Å². The molecule has 0 aromatic heterocycles. The van der Waals surface area contributed by atoms with E-state index in [4.69, 9.17) is 0 Å². The second kappa shape index (κ2) is 3.82. The molecule has 0 radical (unpaired) electrons. The Kier molecular flexibility index (Phi) is 2.85. The first-order valence-corrected chi connectivity index (χ1v) is 6.12. The third-order valence-electron chi connectivity index (χ3n) is 3.89. The number of likely N-dealkylation sites (tertiary alicyclic amines) is 1. The molecule has 0 bridgehead atoms. The summed E-state index contributed by atoms with van der Waals surface area (Å²) < 4.78 is 0. The normalized spacial score (nSPS) is 38.1. The molecular formula is C12H24N2. The van der Waals surface area contributed by atoms with Crippen molar-refractivity contribution in [3.8, 4) is 0 Å². The lowest BCUT2D eigenvalue weighted by Gasteiger charge is -2.46. The first-order chi connectivity index (χ1) is 6.63. The van der Waals surface area contributed by atoms with E-state index in [-0.39, 0.29) is 0 Å². The number of rotatable bonds is 3. The average molecular weight is 196 g/mol. The third kappa shape index (κ3) is 1.96. The van der Waals surface area contributed by atoms with E-state index >= 15 is 0 Å². The zero-order chi connectivity index (χ0) is 10.2. The number of hydrogen-bond acceptors (Lipinski definition) is 2. The van der Waals surface area contributed by atoms with Gasteiger partial charge >= 0.3 is 0 Å². The summed E-state index contributed by atoms with van der Waals surface area (Å²) >= 11 is 0. The van der Waals surface area contributed by atoms with Gasteiger partial charge < -0.3 is 10.2 Å². The lowest BCUT2D eigenvalue weighted by molar-refractivity contribution is 0.0857. The molecule has 0 amide bonds. The highest BCUT2D eigenvalue weighted by atomic mass is 15.2. The second-order valence-corrected chi connectivity index (χ2v) is 5.55. The van der Waals surface area contributed by atoms with Crippen LogP contribution in [0.5, 0.6) is 0 Å². The van der Waals surface area contributed by atoms with E-state index in [0.29, 0.717) is 11.5 Å². The molecule has 2 rings (SSSR count). The molecule has 14 heavy (non-hydrogen) atoms. The summed E-state index contributed by atoms with van der Waals surface area (Å²) in [4.78, 5) is 2.60. The monoisotopic (exact) mass is 196 g/mol. The van der Waals surface area contributed by atoms with Gasteiger partial charge in [-0.2, -0.15) is 0 Å². The largest absolute Gasteiger partial charge is 0.312 e. The molecule has 1 spiro atoms. The molecule has 1 saturated heterocycles. The molecule has 0 unspecified atom stereocenters. The van der Waals surface area contributed by atoms with Crippen LogP contribution in [0.25, 0.3) is 0 Å². The first-order valence-electron chi connectivity index (χ1n) is 6.12. The summed E-state index contributed by atoms with van der Waals surface area (Å²) in [5.41, 5.74) is 0.711. The van der Waals surface area contributed by atoms with Crippen molar-refractivity contribution in [2.45, 2.75) is 52.1 Å². The van der Waals surface area contributed by atoms with Gasteiger partial charge in [0.1, 0.15) is 0 Å². The Morgan fingerprint density at radius 3 is 2.64 bits per heavy atom. The Labute approximate surface area is 88.1 Å². The number of nitrogens with zero attached hydrogens (tertiary/aromatic N) is 1. The Bertz CT molecular complexity index is 194. The number of nitrogens with one attached hydrogen (secondary N) is 1. The molecule has 2 nitrogen and oxygen atoms in total. The molecule has 2 heteroatoms. The molecule has 0 aromatic rings. The van der Waals surface area contributed by atoms with Gasteiger partial charge in [-0.25, -0.2) is 0 Å². The molecule has 2 aliphatic rings. The van der Waals surface area contributed by atoms with Gasteiger partial charge in [-0.15, -0.1) is 0 Å². The molecule has 0 atom stereocenters. The van der Waals surface area contributed by atoms with Crippen LogP contribution in [0, 0.1) is 5.41 Å². The predicted molar refractivity (Wildman–Crippen MR) is 60.5 cm³/mol. The van der Waals surface area contributed by atoms with E-state index < -0.39 is 0 Å². The molecule has 2 fully saturated rings. The molecule has 1 aliphatic heterocycles. The SMILES string of the molecule is CCN1CCC2(CC(NC(C)C)C2)C1. The average Bonchev–Trinajstić information content (AvgIpc) is 2.47. The van der Waals surface area contributed by atoms with Gasteiger partial charge in [0, 0.05) is 18.6 Å². The maximum atomic E-state index is 3.64. The van der Waals surface area contributed by atoms with Crippen LogP contribution in [0.1, 0.15) is 40.0 Å². The standard InChI is InChI=1S/C12H24N2/c1-4-14-6-5-12(9-14)7-11(8-12)13-10(2)3/h10-11,13H,4-9H2,1-3H3.